The lowest BCUT2D eigenvalue weighted by molar-refractivity contribution is -0.122. The van der Waals surface area contributed by atoms with Gasteiger partial charge in [-0.05, 0) is 38.5 Å². The molecule has 2 aromatic carbocycles. The minimum atomic E-state index is -0.390. The number of carbonyl (C=O) groups is 1. The number of amides is 1. The summed E-state index contributed by atoms with van der Waals surface area (Å²) in [4.78, 5) is 15.9. The molecule has 1 amide bonds. The van der Waals surface area contributed by atoms with E-state index < -0.39 is 0 Å². The highest BCUT2D eigenvalue weighted by atomic mass is 16.2. The van der Waals surface area contributed by atoms with Gasteiger partial charge in [0.2, 0.25) is 0 Å². The first kappa shape index (κ1) is 20.2. The Kier molecular flexibility index (Phi) is 5.30. The van der Waals surface area contributed by atoms with Gasteiger partial charge in [0, 0.05) is 33.9 Å². The van der Waals surface area contributed by atoms with E-state index in [0.717, 1.165) is 39.1 Å². The topological polar surface area (TPSA) is 99.1 Å². The second kappa shape index (κ2) is 8.41. The van der Waals surface area contributed by atoms with Crippen LogP contribution in [0, 0.1) is 13.8 Å². The van der Waals surface area contributed by atoms with Gasteiger partial charge in [-0.2, -0.15) is 10.2 Å². The molecule has 2 unspecified atom stereocenters. The number of para-hydroxylation sites is 2. The third kappa shape index (κ3) is 3.70. The average molecular weight is 428 g/mol. The number of nitrogens with one attached hydrogen (secondary N) is 4. The minimum absolute atomic E-state index is 0.0131. The van der Waals surface area contributed by atoms with E-state index in [9.17, 15) is 4.79 Å². The van der Waals surface area contributed by atoms with Crippen LogP contribution in [-0.4, -0.2) is 32.9 Å². The maximum absolute atomic E-state index is 12.7. The minimum Gasteiger partial charge on any atom is -0.361 e. The van der Waals surface area contributed by atoms with Gasteiger partial charge in [-0.1, -0.05) is 36.4 Å². The van der Waals surface area contributed by atoms with Crippen molar-refractivity contribution in [2.45, 2.75) is 32.4 Å². The number of aryl methyl sites for hydroxylation is 1. The normalized spacial score (nSPS) is 18.6. The number of hydrazine groups is 1. The first-order chi connectivity index (χ1) is 15.6. The first-order valence-electron chi connectivity index (χ1n) is 10.6. The molecule has 1 aliphatic rings. The molecule has 0 radical (unpaired) electrons. The van der Waals surface area contributed by atoms with E-state index in [2.05, 4.69) is 33.3 Å². The fourth-order valence-corrected chi connectivity index (χ4v) is 4.34. The van der Waals surface area contributed by atoms with Crippen molar-refractivity contribution in [2.24, 2.45) is 5.10 Å². The molecule has 162 valence electrons. The monoisotopic (exact) mass is 427 g/mol. The van der Waals surface area contributed by atoms with Crippen molar-refractivity contribution in [3.63, 3.8) is 0 Å². The van der Waals surface area contributed by atoms with Gasteiger partial charge in [0.25, 0.3) is 5.91 Å². The number of benzene rings is 2. The van der Waals surface area contributed by atoms with Crippen molar-refractivity contribution in [1.29, 1.82) is 0 Å². The maximum atomic E-state index is 12.7. The number of rotatable bonds is 5. The largest absolute Gasteiger partial charge is 0.361 e. The van der Waals surface area contributed by atoms with Crippen molar-refractivity contribution >= 4 is 23.0 Å². The van der Waals surface area contributed by atoms with Crippen molar-refractivity contribution in [3.05, 3.63) is 83.3 Å². The summed E-state index contributed by atoms with van der Waals surface area (Å²) >= 11 is 0. The molecule has 8 nitrogen and oxygen atoms in total. The van der Waals surface area contributed by atoms with Crippen LogP contribution in [0.3, 0.4) is 0 Å². The van der Waals surface area contributed by atoms with Crippen LogP contribution in [0.5, 0.6) is 0 Å². The Morgan fingerprint density at radius 3 is 2.75 bits per heavy atom. The van der Waals surface area contributed by atoms with Crippen LogP contribution >= 0.6 is 0 Å². The summed E-state index contributed by atoms with van der Waals surface area (Å²) in [6.07, 6.45) is 4.15. The molecule has 0 bridgehead atoms. The third-order valence-electron chi connectivity index (χ3n) is 5.92. The number of hydrogen-bond acceptors (Lipinski definition) is 5. The van der Waals surface area contributed by atoms with Crippen LogP contribution in [-0.2, 0) is 4.79 Å². The smallest absolute Gasteiger partial charge is 0.258 e. The van der Waals surface area contributed by atoms with E-state index in [-0.39, 0.29) is 18.0 Å². The van der Waals surface area contributed by atoms with Gasteiger partial charge in [0.05, 0.1) is 23.6 Å². The highest BCUT2D eigenvalue weighted by Gasteiger charge is 2.33. The van der Waals surface area contributed by atoms with Crippen LogP contribution in [0.15, 0.2) is 65.9 Å². The number of fused-ring (bicyclic) bond motifs is 1. The zero-order valence-electron chi connectivity index (χ0n) is 18.0. The van der Waals surface area contributed by atoms with Crippen molar-refractivity contribution in [2.75, 3.05) is 0 Å². The molecule has 0 saturated carbocycles. The number of aromatic nitrogens is 3. The average Bonchev–Trinajstić information content (AvgIpc) is 3.52. The van der Waals surface area contributed by atoms with Crippen LogP contribution in [0.4, 0.5) is 0 Å². The van der Waals surface area contributed by atoms with E-state index in [4.69, 9.17) is 5.10 Å². The standard InChI is InChI=1S/C24H25N7O/c1-15-23(16(2)31(30-15)18-8-4-3-5-9-18)21-12-22(28-27-21)24(32)29-26-14-17-13-25-20-11-7-6-10-19(17)20/h3-11,13-14,21-22,25,27-28H,12H2,1-2H3,(H,29,32)/b26-14+. The summed E-state index contributed by atoms with van der Waals surface area (Å²) in [5, 5.41) is 9.94. The Bertz CT molecular complexity index is 1290. The summed E-state index contributed by atoms with van der Waals surface area (Å²) in [6, 6.07) is 17.6. The summed E-state index contributed by atoms with van der Waals surface area (Å²) in [7, 11) is 0. The van der Waals surface area contributed by atoms with Gasteiger partial charge < -0.3 is 4.98 Å². The van der Waals surface area contributed by atoms with Crippen molar-refractivity contribution in [1.82, 2.24) is 31.0 Å². The lowest BCUT2D eigenvalue weighted by Crippen LogP contribution is -2.41. The maximum Gasteiger partial charge on any atom is 0.258 e. The Balaban J connectivity index is 1.26. The molecular formula is C24H25N7O. The predicted octanol–water partition coefficient (Wildman–Crippen LogP) is 3.03. The number of nitrogens with zero attached hydrogens (tertiary/aromatic N) is 3. The molecular weight excluding hydrogens is 402 g/mol. The molecule has 32 heavy (non-hydrogen) atoms. The number of hydrogen-bond donors (Lipinski definition) is 4. The highest BCUT2D eigenvalue weighted by Crippen LogP contribution is 2.29. The number of hydrazone groups is 1. The van der Waals surface area contributed by atoms with Crippen LogP contribution in [0.2, 0.25) is 0 Å². The highest BCUT2D eigenvalue weighted by molar-refractivity contribution is 5.99. The Morgan fingerprint density at radius 2 is 1.91 bits per heavy atom. The lowest BCUT2D eigenvalue weighted by Gasteiger charge is -2.11. The molecule has 1 aliphatic heterocycles. The van der Waals surface area contributed by atoms with E-state index in [1.165, 1.54) is 0 Å². The Labute approximate surface area is 185 Å². The Morgan fingerprint density at radius 1 is 1.12 bits per heavy atom. The molecule has 1 fully saturated rings. The number of aromatic amines is 1. The van der Waals surface area contributed by atoms with Gasteiger partial charge in [-0.3, -0.25) is 4.79 Å². The summed E-state index contributed by atoms with van der Waals surface area (Å²) < 4.78 is 1.95. The summed E-state index contributed by atoms with van der Waals surface area (Å²) in [5.41, 5.74) is 15.1. The molecule has 2 aromatic heterocycles. The summed E-state index contributed by atoms with van der Waals surface area (Å²) in [5.74, 6) is -0.179. The third-order valence-corrected chi connectivity index (χ3v) is 5.92. The van der Waals surface area contributed by atoms with E-state index >= 15 is 0 Å². The van der Waals surface area contributed by atoms with Crippen LogP contribution < -0.4 is 16.3 Å². The molecule has 3 heterocycles. The van der Waals surface area contributed by atoms with Gasteiger partial charge in [-0.25, -0.2) is 21.0 Å². The van der Waals surface area contributed by atoms with Crippen LogP contribution in [0.1, 0.15) is 35.0 Å². The predicted molar refractivity (Wildman–Crippen MR) is 124 cm³/mol. The van der Waals surface area contributed by atoms with Gasteiger partial charge in [0.15, 0.2) is 0 Å². The van der Waals surface area contributed by atoms with E-state index in [1.54, 1.807) is 6.21 Å². The molecule has 4 N–H and O–H groups in total. The fraction of sp³-hybridized carbons (Fsp3) is 0.208. The molecule has 0 aliphatic carbocycles. The lowest BCUT2D eigenvalue weighted by atomic mass is 10.00. The SMILES string of the molecule is Cc1nn(-c2ccccc2)c(C)c1C1CC(C(=O)N/N=C/c2c[nH]c3ccccc23)NN1. The number of H-pyrrole nitrogens is 1. The molecule has 1 saturated heterocycles. The van der Waals surface area contributed by atoms with Gasteiger partial charge in [-0.15, -0.1) is 0 Å². The second-order valence-electron chi connectivity index (χ2n) is 7.99. The van der Waals surface area contributed by atoms with Gasteiger partial charge >= 0.3 is 0 Å². The van der Waals surface area contributed by atoms with Crippen molar-refractivity contribution in [3.8, 4) is 5.69 Å². The molecule has 5 rings (SSSR count). The molecule has 8 heteroatoms. The first-order valence-corrected chi connectivity index (χ1v) is 10.6. The number of carbonyl (C=O) groups excluding carboxylic acids is 1. The zero-order chi connectivity index (χ0) is 22.1. The molecule has 2 atom stereocenters. The van der Waals surface area contributed by atoms with Crippen molar-refractivity contribution < 1.29 is 4.79 Å². The second-order valence-corrected chi connectivity index (χ2v) is 7.99. The molecule has 0 spiro atoms. The molecule has 4 aromatic rings. The van der Waals surface area contributed by atoms with E-state index in [1.807, 2.05) is 72.4 Å². The fourth-order valence-electron chi connectivity index (χ4n) is 4.34. The summed E-state index contributed by atoms with van der Waals surface area (Å²) in [6.45, 7) is 4.06. The van der Waals surface area contributed by atoms with Crippen LogP contribution in [0.25, 0.3) is 16.6 Å². The van der Waals surface area contributed by atoms with E-state index in [0.29, 0.717) is 6.42 Å². The zero-order valence-corrected chi connectivity index (χ0v) is 18.0. The van der Waals surface area contributed by atoms with Gasteiger partial charge in [0.1, 0.15) is 6.04 Å². The quantitative estimate of drug-likeness (QED) is 0.291. The Hall–Kier alpha value is -3.75.